The second kappa shape index (κ2) is 11.2. The highest BCUT2D eigenvalue weighted by molar-refractivity contribution is 7.97. The smallest absolute Gasteiger partial charge is 0.270 e. The predicted molar refractivity (Wildman–Crippen MR) is 155 cm³/mol. The third-order valence-corrected chi connectivity index (χ3v) is 8.44. The van der Waals surface area contributed by atoms with Crippen molar-refractivity contribution in [2.45, 2.75) is 20.4 Å². The van der Waals surface area contributed by atoms with Crippen LogP contribution in [0.25, 0.3) is 5.57 Å². The summed E-state index contributed by atoms with van der Waals surface area (Å²) in [5.41, 5.74) is 5.23. The molecule has 1 aliphatic heterocycles. The first-order valence-corrected chi connectivity index (χ1v) is 14.2. The van der Waals surface area contributed by atoms with E-state index in [9.17, 15) is 13.2 Å². The summed E-state index contributed by atoms with van der Waals surface area (Å²) >= 11 is 0. The zero-order chi connectivity index (χ0) is 27.4. The maximum Gasteiger partial charge on any atom is 0.270 e. The van der Waals surface area contributed by atoms with Crippen LogP contribution in [-0.2, 0) is 21.4 Å². The molecule has 39 heavy (non-hydrogen) atoms. The molecule has 4 aromatic carbocycles. The third-order valence-electron chi connectivity index (χ3n) is 6.63. The number of amides is 1. The van der Waals surface area contributed by atoms with Gasteiger partial charge >= 0.3 is 0 Å². The summed E-state index contributed by atoms with van der Waals surface area (Å²) in [7, 11) is -4.21. The highest BCUT2D eigenvalue weighted by atomic mass is 32.2. The Morgan fingerprint density at radius 2 is 1.51 bits per heavy atom. The number of ether oxygens (including phenoxy) is 1. The fourth-order valence-corrected chi connectivity index (χ4v) is 6.55. The Labute approximate surface area is 229 Å². The molecule has 6 nitrogen and oxygen atoms in total. The topological polar surface area (TPSA) is 75.7 Å². The third kappa shape index (κ3) is 5.45. The first-order valence-electron chi connectivity index (χ1n) is 12.8. The molecule has 0 aliphatic carbocycles. The fraction of sp³-hybridized carbons (Fsp3) is 0.156. The molecule has 0 bridgehead atoms. The van der Waals surface area contributed by atoms with Gasteiger partial charge in [-0.1, -0.05) is 96.6 Å². The van der Waals surface area contributed by atoms with Gasteiger partial charge in [0.25, 0.3) is 15.9 Å². The molecule has 5 rings (SSSR count). The Bertz CT molecular complexity index is 1630. The van der Waals surface area contributed by atoms with E-state index < -0.39 is 15.9 Å². The molecule has 4 aromatic rings. The summed E-state index contributed by atoms with van der Waals surface area (Å²) in [6.45, 7) is 4.43. The number of nitrogens with one attached hydrogen (secondary N) is 1. The second-order valence-corrected chi connectivity index (χ2v) is 11.3. The quantitative estimate of drug-likeness (QED) is 0.296. The van der Waals surface area contributed by atoms with E-state index in [0.29, 0.717) is 22.4 Å². The summed E-state index contributed by atoms with van der Waals surface area (Å²) in [5.74, 6) is 0.0675. The van der Waals surface area contributed by atoms with Gasteiger partial charge in [0.05, 0.1) is 18.8 Å². The summed E-state index contributed by atoms with van der Waals surface area (Å²) < 4.78 is 35.6. The molecule has 0 saturated carbocycles. The van der Waals surface area contributed by atoms with Gasteiger partial charge in [0.1, 0.15) is 12.4 Å². The van der Waals surface area contributed by atoms with Crippen molar-refractivity contribution >= 4 is 27.2 Å². The van der Waals surface area contributed by atoms with E-state index in [2.05, 4.69) is 5.32 Å². The molecule has 1 aliphatic rings. The van der Waals surface area contributed by atoms with Crippen molar-refractivity contribution in [3.05, 3.63) is 136 Å². The van der Waals surface area contributed by atoms with Crippen molar-refractivity contribution in [3.8, 4) is 5.75 Å². The van der Waals surface area contributed by atoms with Crippen LogP contribution in [0.1, 0.15) is 27.8 Å². The van der Waals surface area contributed by atoms with E-state index >= 15 is 0 Å². The highest BCUT2D eigenvalue weighted by Gasteiger charge is 2.41. The zero-order valence-corrected chi connectivity index (χ0v) is 22.7. The Morgan fingerprint density at radius 1 is 0.846 bits per heavy atom. The van der Waals surface area contributed by atoms with Gasteiger partial charge in [-0.2, -0.15) is 0 Å². The minimum atomic E-state index is -4.21. The predicted octanol–water partition coefficient (Wildman–Crippen LogP) is 5.61. The Kier molecular flexibility index (Phi) is 7.52. The van der Waals surface area contributed by atoms with Gasteiger partial charge in [-0.25, -0.2) is 8.42 Å². The molecule has 1 amide bonds. The van der Waals surface area contributed by atoms with Crippen molar-refractivity contribution < 1.29 is 17.9 Å². The summed E-state index contributed by atoms with van der Waals surface area (Å²) in [6.07, 6.45) is 0. The highest BCUT2D eigenvalue weighted by Crippen LogP contribution is 2.43. The monoisotopic (exact) mass is 538 g/mol. The molecule has 0 radical (unpaired) electrons. The van der Waals surface area contributed by atoms with E-state index in [1.54, 1.807) is 6.07 Å². The standard InChI is InChI=1S/C32H30N2O4S/c1-23-17-18-29(24(2)21-23)38-20-19-33-32(35)31-30(26-13-7-4-8-14-26)27-15-9-10-16-28(27)34(39(31,36)37)22-25-11-5-3-6-12-25/h3-18,21H,19-20,22H2,1-2H3,(H,33,35). The Hall–Kier alpha value is -4.36. The van der Waals surface area contributed by atoms with Gasteiger partial charge in [-0.3, -0.25) is 9.10 Å². The van der Waals surface area contributed by atoms with Gasteiger partial charge in [-0.15, -0.1) is 0 Å². The molecule has 0 unspecified atom stereocenters. The van der Waals surface area contributed by atoms with Crippen molar-refractivity contribution in [2.24, 2.45) is 0 Å². The van der Waals surface area contributed by atoms with Crippen LogP contribution < -0.4 is 14.4 Å². The van der Waals surface area contributed by atoms with Crippen LogP contribution in [0.2, 0.25) is 0 Å². The number of fused-ring (bicyclic) bond motifs is 1. The number of hydrogen-bond donors (Lipinski definition) is 1. The van der Waals surface area contributed by atoms with Crippen molar-refractivity contribution in [2.75, 3.05) is 17.5 Å². The number of para-hydroxylation sites is 1. The molecule has 1 heterocycles. The lowest BCUT2D eigenvalue weighted by atomic mass is 9.95. The summed E-state index contributed by atoms with van der Waals surface area (Å²) in [4.78, 5) is 13.4. The van der Waals surface area contributed by atoms with Crippen LogP contribution in [-0.4, -0.2) is 27.5 Å². The zero-order valence-electron chi connectivity index (χ0n) is 21.9. The largest absolute Gasteiger partial charge is 0.491 e. The van der Waals surface area contributed by atoms with Crippen molar-refractivity contribution in [1.29, 1.82) is 0 Å². The van der Waals surface area contributed by atoms with Crippen molar-refractivity contribution in [3.63, 3.8) is 0 Å². The Morgan fingerprint density at radius 3 is 2.23 bits per heavy atom. The lowest BCUT2D eigenvalue weighted by Crippen LogP contribution is -2.42. The lowest BCUT2D eigenvalue weighted by Gasteiger charge is -2.33. The van der Waals surface area contributed by atoms with Crippen LogP contribution >= 0.6 is 0 Å². The normalized spacial score (nSPS) is 14.1. The lowest BCUT2D eigenvalue weighted by molar-refractivity contribution is -0.116. The van der Waals surface area contributed by atoms with Crippen LogP contribution in [0, 0.1) is 13.8 Å². The van der Waals surface area contributed by atoms with Gasteiger partial charge in [0.15, 0.2) is 4.91 Å². The average Bonchev–Trinajstić information content (AvgIpc) is 2.94. The number of carbonyl (C=O) groups is 1. The number of nitrogens with zero attached hydrogens (tertiary/aromatic N) is 1. The van der Waals surface area contributed by atoms with Gasteiger partial charge in [0.2, 0.25) is 0 Å². The maximum atomic E-state index is 14.2. The number of hydrogen-bond acceptors (Lipinski definition) is 4. The molecule has 0 saturated heterocycles. The van der Waals surface area contributed by atoms with Crippen LogP contribution in [0.5, 0.6) is 5.75 Å². The van der Waals surface area contributed by atoms with Crippen LogP contribution in [0.15, 0.2) is 108 Å². The molecule has 7 heteroatoms. The van der Waals surface area contributed by atoms with Crippen molar-refractivity contribution in [1.82, 2.24) is 5.32 Å². The summed E-state index contributed by atoms with van der Waals surface area (Å²) in [6, 6.07) is 31.7. The van der Waals surface area contributed by atoms with E-state index in [4.69, 9.17) is 4.74 Å². The van der Waals surface area contributed by atoms with Gasteiger partial charge < -0.3 is 10.1 Å². The molecular formula is C32H30N2O4S. The minimum absolute atomic E-state index is 0.106. The molecule has 0 aromatic heterocycles. The number of benzene rings is 4. The van der Waals surface area contributed by atoms with Crippen LogP contribution in [0.4, 0.5) is 5.69 Å². The first-order chi connectivity index (χ1) is 18.9. The van der Waals surface area contributed by atoms with Crippen LogP contribution in [0.3, 0.4) is 0 Å². The SMILES string of the molecule is Cc1ccc(OCCNC(=O)C2=C(c3ccccc3)c3ccccc3N(Cc3ccccc3)S2(=O)=O)c(C)c1. The van der Waals surface area contributed by atoms with Gasteiger partial charge in [0, 0.05) is 11.1 Å². The maximum absolute atomic E-state index is 14.2. The average molecular weight is 539 g/mol. The number of carbonyl (C=O) groups excluding carboxylic acids is 1. The number of rotatable bonds is 8. The van der Waals surface area contributed by atoms with E-state index in [-0.39, 0.29) is 24.6 Å². The number of anilines is 1. The molecule has 0 atom stereocenters. The van der Waals surface area contributed by atoms with E-state index in [1.165, 1.54) is 4.31 Å². The molecule has 0 fully saturated rings. The molecule has 0 spiro atoms. The first kappa shape index (κ1) is 26.3. The molecule has 1 N–H and O–H groups in total. The summed E-state index contributed by atoms with van der Waals surface area (Å²) in [5, 5.41) is 2.80. The van der Waals surface area contributed by atoms with Gasteiger partial charge in [-0.05, 0) is 42.7 Å². The minimum Gasteiger partial charge on any atom is -0.491 e. The fourth-order valence-electron chi connectivity index (χ4n) is 4.80. The van der Waals surface area contributed by atoms with E-state index in [0.717, 1.165) is 22.4 Å². The number of aryl methyl sites for hydroxylation is 2. The Balaban J connectivity index is 1.51. The number of sulfonamides is 1. The second-order valence-electron chi connectivity index (χ2n) is 9.46. The molecular weight excluding hydrogens is 508 g/mol. The molecule has 198 valence electrons. The van der Waals surface area contributed by atoms with E-state index in [1.807, 2.05) is 111 Å².